The van der Waals surface area contributed by atoms with Crippen LogP contribution in [0, 0.1) is 0 Å². The van der Waals surface area contributed by atoms with Gasteiger partial charge in [-0.2, -0.15) is 4.98 Å². The van der Waals surface area contributed by atoms with Gasteiger partial charge < -0.3 is 25.1 Å². The third-order valence-corrected chi connectivity index (χ3v) is 4.84. The van der Waals surface area contributed by atoms with Crippen molar-refractivity contribution >= 4 is 46.0 Å². The zero-order valence-electron chi connectivity index (χ0n) is 18.5. The Balaban J connectivity index is 1.62. The molecule has 0 saturated heterocycles. The summed E-state index contributed by atoms with van der Waals surface area (Å²) in [4.78, 5) is 23.3. The molecule has 10 heteroatoms. The van der Waals surface area contributed by atoms with Gasteiger partial charge in [0, 0.05) is 23.6 Å². The number of H-pyrrole nitrogens is 1. The molecule has 8 nitrogen and oxygen atoms in total. The Labute approximate surface area is 197 Å². The fraction of sp³-hybridized carbons (Fsp3) is 0.409. The second kappa shape index (κ2) is 10.3. The number of carbonyl (C=O) groups excluding carboxylic acids is 1. The maximum Gasteiger partial charge on any atom is 0.407 e. The maximum absolute atomic E-state index is 11.9. The minimum atomic E-state index is -0.580. The second-order valence-corrected chi connectivity index (χ2v) is 9.00. The lowest BCUT2D eigenvalue weighted by atomic mass is 10.1. The molecule has 1 amide bonds. The number of anilines is 1. The zero-order chi connectivity index (χ0) is 23.3. The average Bonchev–Trinajstić information content (AvgIpc) is 3.11. The normalized spacial score (nSPS) is 12.4. The van der Waals surface area contributed by atoms with Crippen LogP contribution in [-0.2, 0) is 11.2 Å². The molecule has 0 unspecified atom stereocenters. The maximum atomic E-state index is 11.9. The monoisotopic (exact) mass is 479 g/mol. The van der Waals surface area contributed by atoms with Gasteiger partial charge in [0.1, 0.15) is 11.7 Å². The number of nitrogens with zero attached hydrogens (tertiary/aromatic N) is 2. The van der Waals surface area contributed by atoms with E-state index in [4.69, 9.17) is 32.7 Å². The standard InChI is InChI=1S/C22H27Cl2N5O3/c1-13(11-27-21(30)32-22(2,3)4)31-17-18(23)28-20(24)29-19(17)25-10-9-14-12-26-16-8-6-5-7-15(14)16/h5-8,12-13,26H,9-11H2,1-4H3,(H,27,30)(H,25,28,29)/t13-/m1/s1. The minimum absolute atomic E-state index is 0.0106. The highest BCUT2D eigenvalue weighted by atomic mass is 35.5. The van der Waals surface area contributed by atoms with Crippen LogP contribution in [0.25, 0.3) is 10.9 Å². The summed E-state index contributed by atoms with van der Waals surface area (Å²) in [5.74, 6) is 0.660. The third kappa shape index (κ3) is 6.64. The summed E-state index contributed by atoms with van der Waals surface area (Å²) in [7, 11) is 0. The van der Waals surface area contributed by atoms with Crippen molar-refractivity contribution in [1.82, 2.24) is 20.3 Å². The molecule has 0 fully saturated rings. The van der Waals surface area contributed by atoms with E-state index in [1.165, 1.54) is 10.9 Å². The largest absolute Gasteiger partial charge is 0.482 e. The van der Waals surface area contributed by atoms with Crippen LogP contribution in [0.2, 0.25) is 10.4 Å². The van der Waals surface area contributed by atoms with Gasteiger partial charge in [-0.05, 0) is 57.3 Å². The van der Waals surface area contributed by atoms with Gasteiger partial charge in [0.15, 0.2) is 16.7 Å². The van der Waals surface area contributed by atoms with E-state index >= 15 is 0 Å². The van der Waals surface area contributed by atoms with Crippen LogP contribution >= 0.6 is 23.2 Å². The molecule has 2 aromatic heterocycles. The van der Waals surface area contributed by atoms with Crippen molar-refractivity contribution in [1.29, 1.82) is 0 Å². The SMILES string of the molecule is C[C@H](CNC(=O)OC(C)(C)C)Oc1c(Cl)nc(Cl)nc1NCCc1c[nH]c2ccccc12. The van der Waals surface area contributed by atoms with Gasteiger partial charge in [0.2, 0.25) is 5.28 Å². The van der Waals surface area contributed by atoms with Crippen LogP contribution in [0.4, 0.5) is 10.6 Å². The van der Waals surface area contributed by atoms with Crippen molar-refractivity contribution in [3.05, 3.63) is 46.5 Å². The predicted molar refractivity (Wildman–Crippen MR) is 127 cm³/mol. The highest BCUT2D eigenvalue weighted by Gasteiger charge is 2.19. The number of halogens is 2. The van der Waals surface area contributed by atoms with Crippen LogP contribution in [0.5, 0.6) is 5.75 Å². The van der Waals surface area contributed by atoms with Gasteiger partial charge in [0.05, 0.1) is 6.54 Å². The predicted octanol–water partition coefficient (Wildman–Crippen LogP) is 5.21. The van der Waals surface area contributed by atoms with E-state index in [0.717, 1.165) is 11.9 Å². The highest BCUT2D eigenvalue weighted by molar-refractivity contribution is 6.33. The summed E-state index contributed by atoms with van der Waals surface area (Å²) in [6, 6.07) is 8.12. The number of ether oxygens (including phenoxy) is 2. The number of aromatic nitrogens is 3. The first-order valence-electron chi connectivity index (χ1n) is 10.3. The fourth-order valence-electron chi connectivity index (χ4n) is 3.06. The van der Waals surface area contributed by atoms with Crippen molar-refractivity contribution in [2.45, 2.75) is 45.8 Å². The first-order chi connectivity index (χ1) is 15.1. The molecule has 3 aromatic rings. The van der Waals surface area contributed by atoms with E-state index in [9.17, 15) is 4.79 Å². The number of amides is 1. The number of alkyl carbamates (subject to hydrolysis) is 1. The van der Waals surface area contributed by atoms with Crippen LogP contribution in [0.1, 0.15) is 33.3 Å². The molecule has 2 heterocycles. The van der Waals surface area contributed by atoms with Gasteiger partial charge in [0.25, 0.3) is 0 Å². The number of rotatable bonds is 8. The summed E-state index contributed by atoms with van der Waals surface area (Å²) in [5.41, 5.74) is 1.69. The average molecular weight is 480 g/mol. The topological polar surface area (TPSA) is 101 Å². The molecule has 0 bridgehead atoms. The van der Waals surface area contributed by atoms with E-state index in [2.05, 4.69) is 31.7 Å². The molecule has 0 saturated carbocycles. The summed E-state index contributed by atoms with van der Waals surface area (Å²) in [6.45, 7) is 7.97. The third-order valence-electron chi connectivity index (χ3n) is 4.41. The van der Waals surface area contributed by atoms with Gasteiger partial charge in [-0.25, -0.2) is 9.78 Å². The molecular formula is C22H27Cl2N5O3. The molecule has 3 rings (SSSR count). The molecule has 1 atom stereocenters. The molecule has 172 valence electrons. The fourth-order valence-corrected chi connectivity index (χ4v) is 3.49. The molecule has 1 aromatic carbocycles. The number of nitrogens with one attached hydrogen (secondary N) is 3. The Morgan fingerprint density at radius 2 is 1.97 bits per heavy atom. The molecule has 0 aliphatic rings. The van der Waals surface area contributed by atoms with Crippen LogP contribution in [0.3, 0.4) is 0 Å². The van der Waals surface area contributed by atoms with E-state index in [-0.39, 0.29) is 22.7 Å². The van der Waals surface area contributed by atoms with Gasteiger partial charge in [-0.15, -0.1) is 0 Å². The van der Waals surface area contributed by atoms with E-state index in [0.29, 0.717) is 12.4 Å². The van der Waals surface area contributed by atoms with Gasteiger partial charge >= 0.3 is 6.09 Å². The minimum Gasteiger partial charge on any atom is -0.482 e. The van der Waals surface area contributed by atoms with Crippen molar-refractivity contribution in [3.63, 3.8) is 0 Å². The number of hydrogen-bond acceptors (Lipinski definition) is 6. The lowest BCUT2D eigenvalue weighted by Crippen LogP contribution is -2.37. The number of para-hydroxylation sites is 1. The molecular weight excluding hydrogens is 453 g/mol. The van der Waals surface area contributed by atoms with Crippen molar-refractivity contribution in [3.8, 4) is 5.75 Å². The lowest BCUT2D eigenvalue weighted by Gasteiger charge is -2.22. The molecule has 32 heavy (non-hydrogen) atoms. The Hall–Kier alpha value is -2.71. The lowest BCUT2D eigenvalue weighted by molar-refractivity contribution is 0.0505. The van der Waals surface area contributed by atoms with Crippen molar-refractivity contribution in [2.75, 3.05) is 18.4 Å². The Bertz CT molecular complexity index is 1080. The first kappa shape index (κ1) is 23.9. The summed E-state index contributed by atoms with van der Waals surface area (Å²) in [5, 5.41) is 7.17. The summed E-state index contributed by atoms with van der Waals surface area (Å²) < 4.78 is 11.1. The first-order valence-corrected chi connectivity index (χ1v) is 11.0. The van der Waals surface area contributed by atoms with Crippen LogP contribution in [-0.4, -0.2) is 45.8 Å². The second-order valence-electron chi connectivity index (χ2n) is 8.31. The number of carbonyl (C=O) groups is 1. The smallest absolute Gasteiger partial charge is 0.407 e. The molecule has 0 radical (unpaired) electrons. The number of fused-ring (bicyclic) bond motifs is 1. The quantitative estimate of drug-likeness (QED) is 0.302. The number of aromatic amines is 1. The molecule has 0 spiro atoms. The van der Waals surface area contributed by atoms with Gasteiger partial charge in [-0.3, -0.25) is 0 Å². The van der Waals surface area contributed by atoms with E-state index in [1.54, 1.807) is 27.7 Å². The van der Waals surface area contributed by atoms with E-state index < -0.39 is 17.8 Å². The Kier molecular flexibility index (Phi) is 7.69. The molecule has 3 N–H and O–H groups in total. The van der Waals surface area contributed by atoms with Crippen LogP contribution in [0.15, 0.2) is 30.5 Å². The highest BCUT2D eigenvalue weighted by Crippen LogP contribution is 2.32. The van der Waals surface area contributed by atoms with Gasteiger partial charge in [-0.1, -0.05) is 29.8 Å². The zero-order valence-corrected chi connectivity index (χ0v) is 20.0. The van der Waals surface area contributed by atoms with Crippen molar-refractivity contribution in [2.24, 2.45) is 0 Å². The van der Waals surface area contributed by atoms with Crippen LogP contribution < -0.4 is 15.4 Å². The Morgan fingerprint density at radius 1 is 1.22 bits per heavy atom. The van der Waals surface area contributed by atoms with E-state index in [1.807, 2.05) is 24.4 Å². The van der Waals surface area contributed by atoms with Crippen molar-refractivity contribution < 1.29 is 14.3 Å². The number of hydrogen-bond donors (Lipinski definition) is 3. The number of benzene rings is 1. The molecule has 0 aliphatic heterocycles. The Morgan fingerprint density at radius 3 is 2.72 bits per heavy atom. The molecule has 0 aliphatic carbocycles. The summed E-state index contributed by atoms with van der Waals surface area (Å²) in [6.07, 6.45) is 1.80. The summed E-state index contributed by atoms with van der Waals surface area (Å²) >= 11 is 12.3.